The van der Waals surface area contributed by atoms with E-state index in [1.807, 2.05) is 11.8 Å². The van der Waals surface area contributed by atoms with Gasteiger partial charge in [0.15, 0.2) is 0 Å². The van der Waals surface area contributed by atoms with Crippen molar-refractivity contribution in [3.8, 4) is 0 Å². The fraction of sp³-hybridized carbons (Fsp3) is 0.462. The first-order valence-corrected chi connectivity index (χ1v) is 6.05. The van der Waals surface area contributed by atoms with Gasteiger partial charge in [0.2, 0.25) is 6.23 Å². The molecule has 0 aromatic heterocycles. The first-order chi connectivity index (χ1) is 8.80. The van der Waals surface area contributed by atoms with E-state index in [-0.39, 0.29) is 17.5 Å². The topological polar surface area (TPSA) is 68.0 Å². The molecule has 1 unspecified atom stereocenters. The summed E-state index contributed by atoms with van der Waals surface area (Å²) >= 11 is 0. The van der Waals surface area contributed by atoms with Crippen LogP contribution in [-0.2, 0) is 4.84 Å². The van der Waals surface area contributed by atoms with E-state index in [9.17, 15) is 10.1 Å². The molecule has 19 heavy (non-hydrogen) atoms. The van der Waals surface area contributed by atoms with E-state index in [4.69, 9.17) is 4.84 Å². The van der Waals surface area contributed by atoms with Crippen molar-refractivity contribution in [1.29, 1.82) is 0 Å². The maximum absolute atomic E-state index is 10.7. The number of nitrogens with zero attached hydrogens (tertiary/aromatic N) is 3. The zero-order valence-corrected chi connectivity index (χ0v) is 11.5. The van der Waals surface area contributed by atoms with Crippen molar-refractivity contribution in [1.82, 2.24) is 4.90 Å². The van der Waals surface area contributed by atoms with Gasteiger partial charge < -0.3 is 9.74 Å². The zero-order valence-electron chi connectivity index (χ0n) is 11.5. The number of amidine groups is 1. The molecule has 0 saturated carbocycles. The molecule has 0 radical (unpaired) electrons. The molecule has 1 heterocycles. The minimum atomic E-state index is -0.414. The SMILES string of the molecule is CC1=NOC(c2ccc([N+](=O)[O-])cc2)N1C(C)(C)C. The Morgan fingerprint density at radius 3 is 2.37 bits per heavy atom. The van der Waals surface area contributed by atoms with Crippen molar-refractivity contribution in [3.63, 3.8) is 0 Å². The van der Waals surface area contributed by atoms with Crippen LogP contribution in [0.2, 0.25) is 0 Å². The summed E-state index contributed by atoms with van der Waals surface area (Å²) in [5.41, 5.74) is 0.777. The number of oxime groups is 1. The second-order valence-corrected chi connectivity index (χ2v) is 5.49. The molecule has 102 valence electrons. The maximum Gasteiger partial charge on any atom is 0.269 e. The molecule has 6 heteroatoms. The Labute approximate surface area is 111 Å². The van der Waals surface area contributed by atoms with Crippen molar-refractivity contribution < 1.29 is 9.76 Å². The Morgan fingerprint density at radius 1 is 1.32 bits per heavy atom. The van der Waals surface area contributed by atoms with Gasteiger partial charge in [0, 0.05) is 23.2 Å². The van der Waals surface area contributed by atoms with Gasteiger partial charge in [-0.3, -0.25) is 10.1 Å². The average Bonchev–Trinajstić information content (AvgIpc) is 2.71. The third-order valence-corrected chi connectivity index (χ3v) is 2.98. The molecule has 1 aromatic rings. The minimum Gasteiger partial charge on any atom is -0.364 e. The number of nitro groups is 1. The van der Waals surface area contributed by atoms with E-state index in [0.717, 1.165) is 11.4 Å². The van der Waals surface area contributed by atoms with Crippen LogP contribution in [0.15, 0.2) is 29.4 Å². The number of hydrogen-bond acceptors (Lipinski definition) is 5. The van der Waals surface area contributed by atoms with Crippen LogP contribution in [0.4, 0.5) is 5.69 Å². The third-order valence-electron chi connectivity index (χ3n) is 2.98. The molecule has 0 amide bonds. The molecule has 0 fully saturated rings. The molecule has 1 aliphatic heterocycles. The molecule has 0 spiro atoms. The second-order valence-electron chi connectivity index (χ2n) is 5.49. The smallest absolute Gasteiger partial charge is 0.269 e. The van der Waals surface area contributed by atoms with Gasteiger partial charge in [-0.15, -0.1) is 0 Å². The number of nitro benzene ring substituents is 1. The highest BCUT2D eigenvalue weighted by Crippen LogP contribution is 2.34. The molecule has 0 N–H and O–H groups in total. The Morgan fingerprint density at radius 2 is 1.89 bits per heavy atom. The fourth-order valence-electron chi connectivity index (χ4n) is 2.19. The monoisotopic (exact) mass is 263 g/mol. The number of rotatable bonds is 2. The van der Waals surface area contributed by atoms with Crippen LogP contribution in [-0.4, -0.2) is 21.2 Å². The molecule has 0 aliphatic carbocycles. The predicted octanol–water partition coefficient (Wildman–Crippen LogP) is 3.06. The fourth-order valence-corrected chi connectivity index (χ4v) is 2.19. The molecule has 1 atom stereocenters. The molecule has 6 nitrogen and oxygen atoms in total. The van der Waals surface area contributed by atoms with E-state index in [1.54, 1.807) is 12.1 Å². The summed E-state index contributed by atoms with van der Waals surface area (Å²) in [4.78, 5) is 17.7. The third kappa shape index (κ3) is 2.52. The van der Waals surface area contributed by atoms with Crippen molar-refractivity contribution in [2.75, 3.05) is 0 Å². The highest BCUT2D eigenvalue weighted by Gasteiger charge is 2.36. The standard InChI is InChI=1S/C13H17N3O3/c1-9-14-19-12(15(9)13(2,3)4)10-5-7-11(8-6-10)16(17)18/h5-8,12H,1-4H3. The van der Waals surface area contributed by atoms with Gasteiger partial charge in [-0.2, -0.15) is 0 Å². The van der Waals surface area contributed by atoms with Gasteiger partial charge >= 0.3 is 0 Å². The quantitative estimate of drug-likeness (QED) is 0.607. The molecule has 1 aromatic carbocycles. The average molecular weight is 263 g/mol. The van der Waals surface area contributed by atoms with Crippen LogP contribution < -0.4 is 0 Å². The lowest BCUT2D eigenvalue weighted by Crippen LogP contribution is -2.44. The first-order valence-electron chi connectivity index (χ1n) is 6.05. The van der Waals surface area contributed by atoms with Crippen LogP contribution in [0.5, 0.6) is 0 Å². The van der Waals surface area contributed by atoms with E-state index in [1.165, 1.54) is 12.1 Å². The maximum atomic E-state index is 10.7. The molecule has 1 aliphatic rings. The predicted molar refractivity (Wildman–Crippen MR) is 71.6 cm³/mol. The van der Waals surface area contributed by atoms with E-state index in [0.29, 0.717) is 0 Å². The van der Waals surface area contributed by atoms with Gasteiger partial charge in [-0.25, -0.2) is 0 Å². The van der Waals surface area contributed by atoms with Crippen molar-refractivity contribution in [2.24, 2.45) is 5.16 Å². The number of non-ortho nitro benzene ring substituents is 1. The zero-order chi connectivity index (χ0) is 14.2. The largest absolute Gasteiger partial charge is 0.364 e. The molecule has 0 bridgehead atoms. The van der Waals surface area contributed by atoms with E-state index >= 15 is 0 Å². The first kappa shape index (κ1) is 13.3. The summed E-state index contributed by atoms with van der Waals surface area (Å²) in [5, 5.41) is 14.7. The Hall–Kier alpha value is -2.11. The van der Waals surface area contributed by atoms with Gasteiger partial charge in [0.05, 0.1) is 4.92 Å². The van der Waals surface area contributed by atoms with E-state index < -0.39 is 4.92 Å². The van der Waals surface area contributed by atoms with Crippen LogP contribution >= 0.6 is 0 Å². The van der Waals surface area contributed by atoms with Crippen LogP contribution in [0, 0.1) is 10.1 Å². The van der Waals surface area contributed by atoms with Crippen molar-refractivity contribution >= 4 is 11.5 Å². The highest BCUT2D eigenvalue weighted by atomic mass is 16.7. The lowest BCUT2D eigenvalue weighted by molar-refractivity contribution is -0.384. The number of hydrogen-bond donors (Lipinski definition) is 0. The summed E-state index contributed by atoms with van der Waals surface area (Å²) in [6, 6.07) is 6.37. The Balaban J connectivity index is 2.29. The summed E-state index contributed by atoms with van der Waals surface area (Å²) in [5.74, 6) is 0.802. The summed E-state index contributed by atoms with van der Waals surface area (Å²) < 4.78 is 0. The van der Waals surface area contributed by atoms with Crippen LogP contribution in [0.25, 0.3) is 0 Å². The molecular formula is C13H17N3O3. The van der Waals surface area contributed by atoms with Crippen LogP contribution in [0.1, 0.15) is 39.5 Å². The normalized spacial score (nSPS) is 19.1. The van der Waals surface area contributed by atoms with Gasteiger partial charge in [0.1, 0.15) is 5.84 Å². The number of benzene rings is 1. The van der Waals surface area contributed by atoms with Crippen molar-refractivity contribution in [2.45, 2.75) is 39.5 Å². The lowest BCUT2D eigenvalue weighted by Gasteiger charge is -2.36. The van der Waals surface area contributed by atoms with E-state index in [2.05, 4.69) is 25.9 Å². The molecule has 0 saturated heterocycles. The molecule has 2 rings (SSSR count). The second kappa shape index (κ2) is 4.53. The van der Waals surface area contributed by atoms with Gasteiger partial charge in [-0.1, -0.05) is 5.16 Å². The Bertz CT molecular complexity index is 517. The van der Waals surface area contributed by atoms with Gasteiger partial charge in [0.25, 0.3) is 5.69 Å². The summed E-state index contributed by atoms with van der Waals surface area (Å²) in [6.45, 7) is 8.09. The van der Waals surface area contributed by atoms with Crippen molar-refractivity contribution in [3.05, 3.63) is 39.9 Å². The molecular weight excluding hydrogens is 246 g/mol. The Kier molecular flexibility index (Phi) is 3.18. The van der Waals surface area contributed by atoms with Gasteiger partial charge in [-0.05, 0) is 39.8 Å². The van der Waals surface area contributed by atoms with Crippen LogP contribution in [0.3, 0.4) is 0 Å². The summed E-state index contributed by atoms with van der Waals surface area (Å²) in [7, 11) is 0. The minimum absolute atomic E-state index is 0.0710. The summed E-state index contributed by atoms with van der Waals surface area (Å²) in [6.07, 6.45) is -0.333. The highest BCUT2D eigenvalue weighted by molar-refractivity contribution is 5.81. The lowest BCUT2D eigenvalue weighted by atomic mass is 10.0.